The lowest BCUT2D eigenvalue weighted by molar-refractivity contribution is 0.296. The number of para-hydroxylation sites is 2. The zero-order valence-electron chi connectivity index (χ0n) is 18.5. The lowest BCUT2D eigenvalue weighted by Crippen LogP contribution is -2.12. The quantitative estimate of drug-likeness (QED) is 0.389. The van der Waals surface area contributed by atoms with Crippen molar-refractivity contribution in [3.05, 3.63) is 83.2 Å². The Morgan fingerprint density at radius 2 is 1.65 bits per heavy atom. The fourth-order valence-electron chi connectivity index (χ4n) is 3.81. The van der Waals surface area contributed by atoms with Crippen LogP contribution in [-0.4, -0.2) is 30.4 Å². The summed E-state index contributed by atoms with van der Waals surface area (Å²) in [5, 5.41) is 0. The highest BCUT2D eigenvalue weighted by Gasteiger charge is 2.13. The van der Waals surface area contributed by atoms with Crippen LogP contribution < -0.4 is 14.2 Å². The summed E-state index contributed by atoms with van der Waals surface area (Å²) in [5.74, 6) is 3.38. The molecule has 5 nitrogen and oxygen atoms in total. The van der Waals surface area contributed by atoms with Crippen LogP contribution in [0.2, 0.25) is 0 Å². The topological polar surface area (TPSA) is 45.5 Å². The number of nitrogens with zero attached hydrogens (tertiary/aromatic N) is 2. The van der Waals surface area contributed by atoms with Gasteiger partial charge in [-0.1, -0.05) is 30.3 Å². The molecule has 1 heterocycles. The molecule has 0 amide bonds. The van der Waals surface area contributed by atoms with Crippen LogP contribution in [0.3, 0.4) is 0 Å². The third-order valence-electron chi connectivity index (χ3n) is 5.67. The molecule has 4 aromatic rings. The van der Waals surface area contributed by atoms with Gasteiger partial charge in [0.15, 0.2) is 11.5 Å². The second-order valence-electron chi connectivity index (χ2n) is 7.58. The molecule has 0 saturated heterocycles. The monoisotopic (exact) mass is 416 g/mol. The number of aryl methyl sites for hydroxylation is 1. The van der Waals surface area contributed by atoms with E-state index >= 15 is 0 Å². The highest BCUT2D eigenvalue weighted by molar-refractivity contribution is 5.76. The summed E-state index contributed by atoms with van der Waals surface area (Å²) in [7, 11) is 3.30. The number of hydrogen-bond acceptors (Lipinski definition) is 4. The van der Waals surface area contributed by atoms with Crippen LogP contribution >= 0.6 is 0 Å². The molecule has 0 atom stereocenters. The minimum absolute atomic E-state index is 0.573. The lowest BCUT2D eigenvalue weighted by atomic mass is 10.1. The molecular formula is C26H28N2O3. The van der Waals surface area contributed by atoms with Crippen LogP contribution in [0.5, 0.6) is 17.2 Å². The van der Waals surface area contributed by atoms with Crippen molar-refractivity contribution >= 4 is 11.0 Å². The van der Waals surface area contributed by atoms with Crippen molar-refractivity contribution in [3.63, 3.8) is 0 Å². The van der Waals surface area contributed by atoms with E-state index in [1.807, 2.05) is 36.4 Å². The molecule has 0 fully saturated rings. The number of hydrogen-bond donors (Lipinski definition) is 0. The Morgan fingerprint density at radius 3 is 2.45 bits per heavy atom. The van der Waals surface area contributed by atoms with Crippen molar-refractivity contribution in [2.45, 2.75) is 26.8 Å². The van der Waals surface area contributed by atoms with Crippen molar-refractivity contribution in [1.82, 2.24) is 9.55 Å². The first-order valence-corrected chi connectivity index (χ1v) is 10.4. The Morgan fingerprint density at radius 1 is 0.839 bits per heavy atom. The van der Waals surface area contributed by atoms with E-state index in [0.29, 0.717) is 13.0 Å². The maximum Gasteiger partial charge on any atom is 0.161 e. The van der Waals surface area contributed by atoms with E-state index in [-0.39, 0.29) is 0 Å². The molecule has 5 heteroatoms. The van der Waals surface area contributed by atoms with Crippen molar-refractivity contribution in [2.75, 3.05) is 20.8 Å². The van der Waals surface area contributed by atoms with Crippen molar-refractivity contribution < 1.29 is 14.2 Å². The Kier molecular flexibility index (Phi) is 6.12. The largest absolute Gasteiger partial charge is 0.493 e. The van der Waals surface area contributed by atoms with E-state index in [2.05, 4.69) is 42.7 Å². The van der Waals surface area contributed by atoms with Crippen molar-refractivity contribution in [1.29, 1.82) is 0 Å². The van der Waals surface area contributed by atoms with Crippen LogP contribution in [0, 0.1) is 13.8 Å². The second-order valence-corrected chi connectivity index (χ2v) is 7.58. The van der Waals surface area contributed by atoms with Crippen molar-refractivity contribution in [3.8, 4) is 17.2 Å². The number of fused-ring (bicyclic) bond motifs is 1. The van der Waals surface area contributed by atoms with Crippen LogP contribution in [0.1, 0.15) is 22.5 Å². The Balaban J connectivity index is 1.59. The summed E-state index contributed by atoms with van der Waals surface area (Å²) in [5.41, 5.74) is 5.64. The molecule has 31 heavy (non-hydrogen) atoms. The van der Waals surface area contributed by atoms with Gasteiger partial charge in [-0.25, -0.2) is 4.98 Å². The Bertz CT molecular complexity index is 1200. The fourth-order valence-corrected chi connectivity index (χ4v) is 3.81. The van der Waals surface area contributed by atoms with Gasteiger partial charge in [-0.2, -0.15) is 0 Å². The van der Waals surface area contributed by atoms with Gasteiger partial charge in [0, 0.05) is 6.42 Å². The molecule has 0 aliphatic carbocycles. The molecule has 4 rings (SSSR count). The van der Waals surface area contributed by atoms with Gasteiger partial charge in [0.2, 0.25) is 0 Å². The number of rotatable bonds is 8. The fraction of sp³-hybridized carbons (Fsp3) is 0.269. The normalized spacial score (nSPS) is 11.0. The maximum atomic E-state index is 6.13. The van der Waals surface area contributed by atoms with Gasteiger partial charge in [0.05, 0.1) is 31.8 Å². The first-order valence-electron chi connectivity index (χ1n) is 10.4. The molecule has 0 N–H and O–H groups in total. The highest BCUT2D eigenvalue weighted by atomic mass is 16.5. The average molecular weight is 417 g/mol. The Labute approximate surface area is 183 Å². The van der Waals surface area contributed by atoms with Gasteiger partial charge in [0.25, 0.3) is 0 Å². The minimum Gasteiger partial charge on any atom is -0.493 e. The van der Waals surface area contributed by atoms with E-state index in [1.165, 1.54) is 11.1 Å². The number of benzene rings is 3. The van der Waals surface area contributed by atoms with E-state index in [0.717, 1.165) is 46.2 Å². The summed E-state index contributed by atoms with van der Waals surface area (Å²) in [6, 6.07) is 20.4. The summed E-state index contributed by atoms with van der Waals surface area (Å²) >= 11 is 0. The van der Waals surface area contributed by atoms with Crippen LogP contribution in [0.4, 0.5) is 0 Å². The minimum atomic E-state index is 0.573. The zero-order chi connectivity index (χ0) is 21.8. The highest BCUT2D eigenvalue weighted by Crippen LogP contribution is 2.29. The van der Waals surface area contributed by atoms with E-state index in [1.54, 1.807) is 14.2 Å². The molecule has 0 spiro atoms. The first kappa shape index (κ1) is 20.8. The molecule has 0 aliphatic heterocycles. The molecule has 0 saturated carbocycles. The van der Waals surface area contributed by atoms with E-state index in [9.17, 15) is 0 Å². The molecule has 3 aromatic carbocycles. The number of methoxy groups -OCH3 is 2. The molecule has 0 unspecified atom stereocenters. The summed E-state index contributed by atoms with van der Waals surface area (Å²) < 4.78 is 19.2. The number of imidazole rings is 1. The van der Waals surface area contributed by atoms with Crippen LogP contribution in [-0.2, 0) is 13.0 Å². The van der Waals surface area contributed by atoms with Gasteiger partial charge < -0.3 is 18.8 Å². The van der Waals surface area contributed by atoms with Gasteiger partial charge in [-0.3, -0.25) is 0 Å². The van der Waals surface area contributed by atoms with Gasteiger partial charge in [-0.15, -0.1) is 0 Å². The predicted molar refractivity (Wildman–Crippen MR) is 123 cm³/mol. The summed E-state index contributed by atoms with van der Waals surface area (Å²) in [4.78, 5) is 4.90. The predicted octanol–water partition coefficient (Wildman–Crippen LogP) is 5.34. The standard InChI is InChI=1S/C26H28N2O3/c1-18-8-7-11-23(19(18)2)31-15-14-28-22-10-6-5-9-21(22)27-26(28)17-20-12-13-24(29-3)25(16-20)30-4/h5-13,16H,14-15,17H2,1-4H3. The Hall–Kier alpha value is -3.47. The first-order chi connectivity index (χ1) is 15.1. The van der Waals surface area contributed by atoms with E-state index < -0.39 is 0 Å². The van der Waals surface area contributed by atoms with E-state index in [4.69, 9.17) is 19.2 Å². The number of ether oxygens (including phenoxy) is 3. The third-order valence-corrected chi connectivity index (χ3v) is 5.67. The van der Waals surface area contributed by atoms with Gasteiger partial charge in [-0.05, 0) is 60.9 Å². The smallest absolute Gasteiger partial charge is 0.161 e. The van der Waals surface area contributed by atoms with Crippen molar-refractivity contribution in [2.24, 2.45) is 0 Å². The maximum absolute atomic E-state index is 6.13. The summed E-state index contributed by atoms with van der Waals surface area (Å²) in [6.07, 6.45) is 0.693. The molecule has 0 bridgehead atoms. The molecule has 0 aliphatic rings. The lowest BCUT2D eigenvalue weighted by Gasteiger charge is -2.14. The number of aromatic nitrogens is 2. The average Bonchev–Trinajstić information content (AvgIpc) is 3.13. The van der Waals surface area contributed by atoms with Gasteiger partial charge >= 0.3 is 0 Å². The summed E-state index contributed by atoms with van der Waals surface area (Å²) in [6.45, 7) is 5.49. The molecule has 160 valence electrons. The van der Waals surface area contributed by atoms with Crippen LogP contribution in [0.15, 0.2) is 60.7 Å². The molecule has 0 radical (unpaired) electrons. The zero-order valence-corrected chi connectivity index (χ0v) is 18.5. The second kappa shape index (κ2) is 9.13. The molecule has 1 aromatic heterocycles. The van der Waals surface area contributed by atoms with Crippen LogP contribution in [0.25, 0.3) is 11.0 Å². The third kappa shape index (κ3) is 4.36. The SMILES string of the molecule is COc1ccc(Cc2nc3ccccc3n2CCOc2cccc(C)c2C)cc1OC. The molecular weight excluding hydrogens is 388 g/mol. The van der Waals surface area contributed by atoms with Gasteiger partial charge in [0.1, 0.15) is 18.2 Å².